The Hall–Kier alpha value is -3.38. The molecule has 2 N–H and O–H groups in total. The van der Waals surface area contributed by atoms with Crippen LogP contribution in [0.25, 0.3) is 5.65 Å². The summed E-state index contributed by atoms with van der Waals surface area (Å²) < 4.78 is 36.9. The van der Waals surface area contributed by atoms with Crippen LogP contribution in [-0.2, 0) is 4.74 Å². The fourth-order valence-corrected chi connectivity index (χ4v) is 4.52. The van der Waals surface area contributed by atoms with Gasteiger partial charge in [-0.3, -0.25) is 9.72 Å². The number of halogens is 2. The van der Waals surface area contributed by atoms with Crippen LogP contribution in [-0.4, -0.2) is 73.7 Å². The summed E-state index contributed by atoms with van der Waals surface area (Å²) in [4.78, 5) is 27.1. The first-order valence-electron chi connectivity index (χ1n) is 10.7. The first-order valence-corrected chi connectivity index (χ1v) is 10.7. The third-order valence-electron chi connectivity index (χ3n) is 6.05. The molecule has 0 radical (unpaired) electrons. The number of pyridine rings is 1. The van der Waals surface area contributed by atoms with E-state index >= 15 is 4.39 Å². The molecular formula is C21H23F2N7O3. The van der Waals surface area contributed by atoms with Crippen molar-refractivity contribution in [2.24, 2.45) is 0 Å². The fourth-order valence-electron chi connectivity index (χ4n) is 4.52. The number of amides is 1. The van der Waals surface area contributed by atoms with Gasteiger partial charge in [0, 0.05) is 32.0 Å². The highest BCUT2D eigenvalue weighted by Gasteiger charge is 2.42. The molecule has 3 aromatic rings. The van der Waals surface area contributed by atoms with Crippen LogP contribution in [0.15, 0.2) is 43.1 Å². The van der Waals surface area contributed by atoms with Gasteiger partial charge in [-0.25, -0.2) is 28.5 Å². The maximum absolute atomic E-state index is 15.3. The molecule has 5 rings (SSSR count). The predicted octanol–water partition coefficient (Wildman–Crippen LogP) is 2.20. The molecule has 2 saturated heterocycles. The van der Waals surface area contributed by atoms with Crippen molar-refractivity contribution in [3.63, 3.8) is 0 Å². The van der Waals surface area contributed by atoms with E-state index in [1.54, 1.807) is 33.8 Å². The Balaban J connectivity index is 1.48. The molecule has 2 aliphatic heterocycles. The van der Waals surface area contributed by atoms with Gasteiger partial charge in [0.15, 0.2) is 12.5 Å². The van der Waals surface area contributed by atoms with Gasteiger partial charge in [-0.15, -0.1) is 0 Å². The lowest BCUT2D eigenvalue weighted by molar-refractivity contribution is -0.104. The molecule has 12 heteroatoms. The number of nitrogens with zero attached hydrogens (tertiary/aromatic N) is 6. The van der Waals surface area contributed by atoms with Crippen molar-refractivity contribution in [2.75, 3.05) is 24.5 Å². The number of anilines is 1. The number of hydrogen-bond donors (Lipinski definition) is 2. The molecule has 4 atom stereocenters. The Bertz CT molecular complexity index is 1130. The number of aromatic nitrogens is 4. The van der Waals surface area contributed by atoms with E-state index in [0.29, 0.717) is 36.5 Å². The summed E-state index contributed by atoms with van der Waals surface area (Å²) in [6, 6.07) is 4.16. The van der Waals surface area contributed by atoms with Crippen molar-refractivity contribution < 1.29 is 23.4 Å². The van der Waals surface area contributed by atoms with Gasteiger partial charge in [0.05, 0.1) is 17.9 Å². The number of morpholine rings is 1. The van der Waals surface area contributed by atoms with E-state index in [2.05, 4.69) is 20.3 Å². The second-order valence-corrected chi connectivity index (χ2v) is 8.08. The molecule has 33 heavy (non-hydrogen) atoms. The summed E-state index contributed by atoms with van der Waals surface area (Å²) in [6.45, 7) is 0.769. The molecule has 5 heterocycles. The molecule has 2 fully saturated rings. The summed E-state index contributed by atoms with van der Waals surface area (Å²) in [7, 11) is 0. The highest BCUT2D eigenvalue weighted by molar-refractivity contribution is 5.65. The Labute approximate surface area is 187 Å². The van der Waals surface area contributed by atoms with E-state index in [9.17, 15) is 14.3 Å². The Kier molecular flexibility index (Phi) is 5.77. The van der Waals surface area contributed by atoms with Gasteiger partial charge in [-0.05, 0) is 31.0 Å². The SMILES string of the molecule is O=C(O)N1CCCC(N(c2ccncn2)C2OC(c3cnc4ccc(F)cn34)CNC2F)C1. The first-order chi connectivity index (χ1) is 16.0. The van der Waals surface area contributed by atoms with E-state index in [0.717, 1.165) is 0 Å². The number of piperidine rings is 1. The number of rotatable bonds is 4. The van der Waals surface area contributed by atoms with Crippen molar-refractivity contribution in [3.8, 4) is 0 Å². The number of imidazole rings is 1. The van der Waals surface area contributed by atoms with Gasteiger partial charge in [0.25, 0.3) is 0 Å². The number of likely N-dealkylation sites (tertiary alicyclic amines) is 1. The van der Waals surface area contributed by atoms with Gasteiger partial charge in [0.1, 0.15) is 29.7 Å². The van der Waals surface area contributed by atoms with Crippen molar-refractivity contribution in [1.29, 1.82) is 0 Å². The maximum atomic E-state index is 15.3. The van der Waals surface area contributed by atoms with Crippen molar-refractivity contribution in [3.05, 3.63) is 54.6 Å². The van der Waals surface area contributed by atoms with Crippen molar-refractivity contribution in [2.45, 2.75) is 37.5 Å². The molecule has 0 spiro atoms. The second-order valence-electron chi connectivity index (χ2n) is 8.08. The van der Waals surface area contributed by atoms with Crippen LogP contribution in [0.4, 0.5) is 19.4 Å². The van der Waals surface area contributed by atoms with Crippen LogP contribution < -0.4 is 10.2 Å². The number of carboxylic acid groups (broad SMARTS) is 1. The molecule has 1 amide bonds. The number of ether oxygens (including phenoxy) is 1. The number of hydrogen-bond acceptors (Lipinski definition) is 7. The number of alkyl halides is 1. The molecule has 0 aromatic carbocycles. The normalized spacial score (nSPS) is 25.8. The lowest BCUT2D eigenvalue weighted by Crippen LogP contribution is -2.61. The van der Waals surface area contributed by atoms with E-state index in [1.165, 1.54) is 23.5 Å². The van der Waals surface area contributed by atoms with E-state index in [4.69, 9.17) is 4.74 Å². The lowest BCUT2D eigenvalue weighted by Gasteiger charge is -2.46. The molecule has 2 aliphatic rings. The summed E-state index contributed by atoms with van der Waals surface area (Å²) in [5.74, 6) is 0.00513. The number of fused-ring (bicyclic) bond motifs is 1. The minimum absolute atomic E-state index is 0.158. The first kappa shape index (κ1) is 21.5. The molecular weight excluding hydrogens is 436 g/mol. The summed E-state index contributed by atoms with van der Waals surface area (Å²) >= 11 is 0. The van der Waals surface area contributed by atoms with Gasteiger partial charge in [-0.2, -0.15) is 0 Å². The highest BCUT2D eigenvalue weighted by atomic mass is 19.1. The summed E-state index contributed by atoms with van der Waals surface area (Å²) in [5, 5.41) is 12.3. The van der Waals surface area contributed by atoms with Gasteiger partial charge in [0.2, 0.25) is 0 Å². The topological polar surface area (TPSA) is 108 Å². The Morgan fingerprint density at radius 1 is 1.30 bits per heavy atom. The van der Waals surface area contributed by atoms with Gasteiger partial charge < -0.3 is 19.6 Å². The monoisotopic (exact) mass is 459 g/mol. The molecule has 174 valence electrons. The summed E-state index contributed by atoms with van der Waals surface area (Å²) in [6.07, 6.45) is 2.76. The Morgan fingerprint density at radius 3 is 2.97 bits per heavy atom. The second kappa shape index (κ2) is 8.87. The largest absolute Gasteiger partial charge is 0.465 e. The van der Waals surface area contributed by atoms with E-state index in [1.807, 2.05) is 0 Å². The van der Waals surface area contributed by atoms with E-state index < -0.39 is 30.5 Å². The van der Waals surface area contributed by atoms with Gasteiger partial charge >= 0.3 is 6.09 Å². The highest BCUT2D eigenvalue weighted by Crippen LogP contribution is 2.32. The minimum Gasteiger partial charge on any atom is -0.465 e. The quantitative estimate of drug-likeness (QED) is 0.572. The van der Waals surface area contributed by atoms with Crippen LogP contribution >= 0.6 is 0 Å². The fraction of sp³-hybridized carbons (Fsp3) is 0.429. The number of nitrogens with one attached hydrogen (secondary N) is 1. The van der Waals surface area contributed by atoms with Crippen molar-refractivity contribution >= 4 is 17.6 Å². The standard InChI is InChI=1S/C21H23F2N7O3/c22-13-3-4-17-25-8-15(29(17)10-13)16-9-26-19(23)20(33-16)30(18-5-6-24-12-27-18)14-2-1-7-28(11-14)21(31)32/h3-6,8,10,12,14,16,19-20,26H,1-2,7,9,11H2,(H,31,32). The van der Waals surface area contributed by atoms with Gasteiger partial charge in [-0.1, -0.05) is 0 Å². The van der Waals surface area contributed by atoms with Crippen LogP contribution in [0.2, 0.25) is 0 Å². The average Bonchev–Trinajstić information content (AvgIpc) is 3.24. The maximum Gasteiger partial charge on any atom is 0.407 e. The van der Waals surface area contributed by atoms with Crippen molar-refractivity contribution in [1.82, 2.24) is 29.6 Å². The third kappa shape index (κ3) is 4.18. The molecule has 4 unspecified atom stereocenters. The number of carbonyl (C=O) groups is 1. The van der Waals surface area contributed by atoms with Crippen LogP contribution in [0.1, 0.15) is 24.6 Å². The summed E-state index contributed by atoms with van der Waals surface area (Å²) in [5.41, 5.74) is 1.12. The average molecular weight is 459 g/mol. The molecule has 0 saturated carbocycles. The lowest BCUT2D eigenvalue weighted by atomic mass is 10.0. The molecule has 0 aliphatic carbocycles. The van der Waals surface area contributed by atoms with E-state index in [-0.39, 0.29) is 19.1 Å². The zero-order valence-electron chi connectivity index (χ0n) is 17.6. The van der Waals surface area contributed by atoms with Crippen LogP contribution in [0.3, 0.4) is 0 Å². The zero-order valence-corrected chi connectivity index (χ0v) is 17.6. The molecule has 0 bridgehead atoms. The smallest absolute Gasteiger partial charge is 0.407 e. The van der Waals surface area contributed by atoms with Crippen LogP contribution in [0.5, 0.6) is 0 Å². The molecule has 3 aromatic heterocycles. The predicted molar refractivity (Wildman–Crippen MR) is 113 cm³/mol. The Morgan fingerprint density at radius 2 is 2.18 bits per heavy atom. The zero-order chi connectivity index (χ0) is 22.9. The third-order valence-corrected chi connectivity index (χ3v) is 6.05. The van der Waals surface area contributed by atoms with Crippen LogP contribution in [0, 0.1) is 5.82 Å². The molecule has 10 nitrogen and oxygen atoms in total. The minimum atomic E-state index is -1.56.